The van der Waals surface area contributed by atoms with Crippen molar-refractivity contribution in [1.29, 1.82) is 5.26 Å². The predicted octanol–water partition coefficient (Wildman–Crippen LogP) is 3.51. The van der Waals surface area contributed by atoms with E-state index < -0.39 is 0 Å². The molecule has 0 amide bonds. The van der Waals surface area contributed by atoms with Gasteiger partial charge in [0.15, 0.2) is 11.5 Å². The zero-order chi connectivity index (χ0) is 20.1. The molecule has 0 radical (unpaired) electrons. The number of hydrogen-bond acceptors (Lipinski definition) is 7. The molecule has 148 valence electrons. The number of aromatic nitrogens is 4. The lowest BCUT2D eigenvalue weighted by Crippen LogP contribution is -2.33. The molecule has 1 fully saturated rings. The number of anilines is 2. The third-order valence-electron chi connectivity index (χ3n) is 4.72. The Morgan fingerprint density at radius 2 is 2.21 bits per heavy atom. The molecule has 1 aromatic carbocycles. The highest BCUT2D eigenvalue weighted by atomic mass is 35.5. The van der Waals surface area contributed by atoms with Crippen molar-refractivity contribution >= 4 is 23.2 Å². The van der Waals surface area contributed by atoms with Gasteiger partial charge in [0.1, 0.15) is 17.6 Å². The minimum Gasteiger partial charge on any atom is -0.492 e. The van der Waals surface area contributed by atoms with Gasteiger partial charge in [0.25, 0.3) is 0 Å². The fourth-order valence-electron chi connectivity index (χ4n) is 3.26. The zero-order valence-corrected chi connectivity index (χ0v) is 16.4. The molecule has 3 N–H and O–H groups in total. The van der Waals surface area contributed by atoms with Gasteiger partial charge in [-0.2, -0.15) is 10.4 Å². The third kappa shape index (κ3) is 4.65. The van der Waals surface area contributed by atoms with Gasteiger partial charge in [0.2, 0.25) is 0 Å². The maximum absolute atomic E-state index is 8.81. The first-order chi connectivity index (χ1) is 14.2. The second-order valence-electron chi connectivity index (χ2n) is 6.83. The number of rotatable bonds is 6. The standard InChI is InChI=1S/C20H20ClN7O/c21-15-4-1-5-17(29-12-13-3-2-6-23-9-13)20(15)16-7-18(28-27-16)26-19-11-24-14(8-22)10-25-19/h1,4-5,7,10-11,13,23H,2-3,6,9,12H2,(H2,25,26,27,28). The number of benzene rings is 1. The summed E-state index contributed by atoms with van der Waals surface area (Å²) in [6.45, 7) is 2.69. The van der Waals surface area contributed by atoms with Gasteiger partial charge in [-0.05, 0) is 31.5 Å². The molecule has 1 atom stereocenters. The molecule has 3 aromatic rings. The Morgan fingerprint density at radius 1 is 1.28 bits per heavy atom. The minimum atomic E-state index is 0.254. The SMILES string of the molecule is N#Cc1cnc(Nc2cc(-c3c(Cl)cccc3OCC3CCCNC3)[nH]n2)cn1. The molecule has 2 aromatic heterocycles. The summed E-state index contributed by atoms with van der Waals surface area (Å²) in [6.07, 6.45) is 5.21. The van der Waals surface area contributed by atoms with Crippen LogP contribution >= 0.6 is 11.6 Å². The van der Waals surface area contributed by atoms with E-state index >= 15 is 0 Å². The number of nitriles is 1. The summed E-state index contributed by atoms with van der Waals surface area (Å²) >= 11 is 6.47. The molecule has 0 bridgehead atoms. The summed E-state index contributed by atoms with van der Waals surface area (Å²) < 4.78 is 6.12. The predicted molar refractivity (Wildman–Crippen MR) is 110 cm³/mol. The van der Waals surface area contributed by atoms with Crippen LogP contribution < -0.4 is 15.4 Å². The van der Waals surface area contributed by atoms with Crippen molar-refractivity contribution in [2.75, 3.05) is 25.0 Å². The summed E-state index contributed by atoms with van der Waals surface area (Å²) in [5.74, 6) is 2.25. The average molecular weight is 410 g/mol. The smallest absolute Gasteiger partial charge is 0.158 e. The first-order valence-corrected chi connectivity index (χ1v) is 9.77. The average Bonchev–Trinajstić information content (AvgIpc) is 3.21. The van der Waals surface area contributed by atoms with Gasteiger partial charge < -0.3 is 15.4 Å². The molecular weight excluding hydrogens is 390 g/mol. The van der Waals surface area contributed by atoms with E-state index in [1.54, 1.807) is 0 Å². The van der Waals surface area contributed by atoms with Crippen molar-refractivity contribution < 1.29 is 4.74 Å². The molecule has 4 rings (SSSR count). The number of nitrogens with one attached hydrogen (secondary N) is 3. The van der Waals surface area contributed by atoms with Crippen LogP contribution in [0.2, 0.25) is 5.02 Å². The first-order valence-electron chi connectivity index (χ1n) is 9.40. The van der Waals surface area contributed by atoms with Gasteiger partial charge in [-0.3, -0.25) is 5.10 Å². The van der Waals surface area contributed by atoms with Gasteiger partial charge in [-0.15, -0.1) is 0 Å². The summed E-state index contributed by atoms with van der Waals surface area (Å²) in [5.41, 5.74) is 1.75. The normalized spacial score (nSPS) is 16.2. The van der Waals surface area contributed by atoms with Crippen LogP contribution in [0.4, 0.5) is 11.6 Å². The van der Waals surface area contributed by atoms with E-state index in [1.807, 2.05) is 30.3 Å². The third-order valence-corrected chi connectivity index (χ3v) is 5.03. The van der Waals surface area contributed by atoms with Crippen LogP contribution in [0.1, 0.15) is 18.5 Å². The lowest BCUT2D eigenvalue weighted by Gasteiger charge is -2.23. The highest BCUT2D eigenvalue weighted by Gasteiger charge is 2.17. The van der Waals surface area contributed by atoms with Crippen molar-refractivity contribution in [3.8, 4) is 23.1 Å². The lowest BCUT2D eigenvalue weighted by molar-refractivity contribution is 0.219. The molecule has 0 spiro atoms. The van der Waals surface area contributed by atoms with Gasteiger partial charge in [-0.1, -0.05) is 17.7 Å². The quantitative estimate of drug-likeness (QED) is 0.571. The molecular formula is C20H20ClN7O. The number of halogens is 1. The molecule has 1 unspecified atom stereocenters. The molecule has 1 aliphatic heterocycles. The van der Waals surface area contributed by atoms with Crippen molar-refractivity contribution in [3.63, 3.8) is 0 Å². The maximum Gasteiger partial charge on any atom is 0.158 e. The Bertz CT molecular complexity index is 1010. The Morgan fingerprint density at radius 3 is 2.97 bits per heavy atom. The van der Waals surface area contributed by atoms with Crippen molar-refractivity contribution in [2.45, 2.75) is 12.8 Å². The van der Waals surface area contributed by atoms with E-state index in [1.165, 1.54) is 18.8 Å². The largest absolute Gasteiger partial charge is 0.492 e. The zero-order valence-electron chi connectivity index (χ0n) is 15.7. The fraction of sp³-hybridized carbons (Fsp3) is 0.300. The van der Waals surface area contributed by atoms with Gasteiger partial charge in [0.05, 0.1) is 35.3 Å². The van der Waals surface area contributed by atoms with E-state index in [0.717, 1.165) is 36.5 Å². The molecule has 0 saturated carbocycles. The van der Waals surface area contributed by atoms with Crippen LogP contribution in [-0.4, -0.2) is 39.9 Å². The van der Waals surface area contributed by atoms with Crippen LogP contribution in [0.5, 0.6) is 5.75 Å². The highest BCUT2D eigenvalue weighted by molar-refractivity contribution is 6.33. The minimum absolute atomic E-state index is 0.254. The van der Waals surface area contributed by atoms with Crippen molar-refractivity contribution in [1.82, 2.24) is 25.5 Å². The number of nitrogens with zero attached hydrogens (tertiary/aromatic N) is 4. The molecule has 9 heteroatoms. The second kappa shape index (κ2) is 8.90. The Kier molecular flexibility index (Phi) is 5.89. The summed E-state index contributed by atoms with van der Waals surface area (Å²) in [7, 11) is 0. The van der Waals surface area contributed by atoms with Crippen molar-refractivity contribution in [3.05, 3.63) is 47.4 Å². The first kappa shape index (κ1) is 19.2. The number of hydrogen-bond donors (Lipinski definition) is 3. The van der Waals surface area contributed by atoms with E-state index in [4.69, 9.17) is 21.6 Å². The van der Waals surface area contributed by atoms with E-state index in [2.05, 4.69) is 30.8 Å². The number of H-pyrrole nitrogens is 1. The van der Waals surface area contributed by atoms with Gasteiger partial charge >= 0.3 is 0 Å². The second-order valence-corrected chi connectivity index (χ2v) is 7.23. The van der Waals surface area contributed by atoms with Gasteiger partial charge in [-0.25, -0.2) is 9.97 Å². The van der Waals surface area contributed by atoms with Crippen LogP contribution in [-0.2, 0) is 0 Å². The van der Waals surface area contributed by atoms with E-state index in [-0.39, 0.29) is 5.69 Å². The Balaban J connectivity index is 1.51. The molecule has 1 aliphatic rings. The van der Waals surface area contributed by atoms with Crippen LogP contribution in [0.25, 0.3) is 11.3 Å². The maximum atomic E-state index is 8.81. The van der Waals surface area contributed by atoms with E-state index in [9.17, 15) is 0 Å². The monoisotopic (exact) mass is 409 g/mol. The Hall–Kier alpha value is -3.15. The number of piperidine rings is 1. The van der Waals surface area contributed by atoms with Crippen LogP contribution in [0.15, 0.2) is 36.7 Å². The molecule has 3 heterocycles. The molecule has 1 saturated heterocycles. The highest BCUT2D eigenvalue weighted by Crippen LogP contribution is 2.36. The summed E-state index contributed by atoms with van der Waals surface area (Å²) in [5, 5.41) is 23.1. The molecule has 0 aliphatic carbocycles. The Labute approximate surface area is 173 Å². The molecule has 29 heavy (non-hydrogen) atoms. The van der Waals surface area contributed by atoms with Gasteiger partial charge in [0, 0.05) is 18.5 Å². The van der Waals surface area contributed by atoms with E-state index in [0.29, 0.717) is 29.2 Å². The number of ether oxygens (including phenoxy) is 1. The van der Waals surface area contributed by atoms with Crippen LogP contribution in [0.3, 0.4) is 0 Å². The summed E-state index contributed by atoms with van der Waals surface area (Å²) in [6, 6.07) is 9.38. The fourth-order valence-corrected chi connectivity index (χ4v) is 3.52. The topological polar surface area (TPSA) is 112 Å². The summed E-state index contributed by atoms with van der Waals surface area (Å²) in [4.78, 5) is 8.12. The van der Waals surface area contributed by atoms with Crippen molar-refractivity contribution in [2.24, 2.45) is 5.92 Å². The number of aromatic amines is 1. The lowest BCUT2D eigenvalue weighted by atomic mass is 10.0. The van der Waals surface area contributed by atoms with Crippen LogP contribution in [0, 0.1) is 17.2 Å². The molecule has 8 nitrogen and oxygen atoms in total.